The van der Waals surface area contributed by atoms with E-state index in [1.165, 1.54) is 110 Å². The van der Waals surface area contributed by atoms with Crippen LogP contribution in [-0.2, 0) is 10.8 Å². The van der Waals surface area contributed by atoms with Crippen LogP contribution in [0, 0.1) is 0 Å². The molecule has 7 nitrogen and oxygen atoms in total. The van der Waals surface area contributed by atoms with Crippen LogP contribution in [0.4, 0.5) is 0 Å². The van der Waals surface area contributed by atoms with E-state index in [0.29, 0.717) is 23.3 Å². The highest BCUT2D eigenvalue weighted by Crippen LogP contribution is 2.58. The number of rotatable bonds is 8. The van der Waals surface area contributed by atoms with Gasteiger partial charge in [0.1, 0.15) is 0 Å². The molecule has 0 aliphatic heterocycles. The Kier molecular flexibility index (Phi) is 13.5. The van der Waals surface area contributed by atoms with E-state index < -0.39 is 0 Å². The Morgan fingerprint density at radius 2 is 0.560 bits per heavy atom. The molecular weight excluding hydrogens is 1220 g/mol. The summed E-state index contributed by atoms with van der Waals surface area (Å²) in [6.45, 7) is 9.54. The monoisotopic (exact) mass is 1280 g/mol. The van der Waals surface area contributed by atoms with Gasteiger partial charge in [-0.3, -0.25) is 0 Å². The largest absolute Gasteiger partial charge is 0.309 e. The van der Waals surface area contributed by atoms with E-state index in [4.69, 9.17) is 24.9 Å². The zero-order valence-corrected chi connectivity index (χ0v) is 55.7. The fourth-order valence-electron chi connectivity index (χ4n) is 16.5. The van der Waals surface area contributed by atoms with Gasteiger partial charge in [-0.2, -0.15) is 0 Å². The van der Waals surface area contributed by atoms with Crippen LogP contribution in [0.2, 0.25) is 0 Å². The fraction of sp³-hybridized carbons (Fsp3) is 0.0645. The van der Waals surface area contributed by atoms with Gasteiger partial charge in [0.15, 0.2) is 23.3 Å². The van der Waals surface area contributed by atoms with Crippen LogP contribution < -0.4 is 0 Å². The summed E-state index contributed by atoms with van der Waals surface area (Å²) >= 11 is 0. The summed E-state index contributed by atoms with van der Waals surface area (Å²) in [4.78, 5) is 25.4. The van der Waals surface area contributed by atoms with E-state index in [-0.39, 0.29) is 10.8 Å². The molecule has 0 N–H and O–H groups in total. The maximum Gasteiger partial charge on any atom is 0.164 e. The Bertz CT molecular complexity index is 5820. The topological polar surface area (TPSA) is 74.3 Å². The van der Waals surface area contributed by atoms with E-state index in [1.54, 1.807) is 0 Å². The van der Waals surface area contributed by atoms with Crippen LogP contribution in [0.1, 0.15) is 49.9 Å². The number of nitrogens with zero attached hydrogens (tertiary/aromatic N) is 7. The molecule has 7 heteroatoms. The summed E-state index contributed by atoms with van der Waals surface area (Å²) < 4.78 is 4.97. The van der Waals surface area contributed by atoms with Crippen molar-refractivity contribution in [3.8, 4) is 102 Å². The molecule has 4 aromatic heterocycles. The number of hydrogen-bond donors (Lipinski definition) is 0. The summed E-state index contributed by atoms with van der Waals surface area (Å²) in [7, 11) is 0. The smallest absolute Gasteiger partial charge is 0.164 e. The molecule has 18 aromatic rings. The van der Waals surface area contributed by atoms with Gasteiger partial charge in [-0.25, -0.2) is 24.9 Å². The molecule has 2 aliphatic rings. The summed E-state index contributed by atoms with van der Waals surface area (Å²) in [6.07, 6.45) is 0. The van der Waals surface area contributed by atoms with Crippen molar-refractivity contribution in [2.24, 2.45) is 0 Å². The second-order valence-corrected chi connectivity index (χ2v) is 27.4. The van der Waals surface area contributed by atoms with Gasteiger partial charge in [0, 0.05) is 77.1 Å². The van der Waals surface area contributed by atoms with Crippen molar-refractivity contribution in [2.45, 2.75) is 38.5 Å². The molecule has 0 fully saturated rings. The Hall–Kier alpha value is -12.7. The van der Waals surface area contributed by atoms with Crippen molar-refractivity contribution in [3.63, 3.8) is 0 Å². The summed E-state index contributed by atoms with van der Waals surface area (Å²) in [5, 5.41) is 10.3. The molecule has 0 saturated heterocycles. The van der Waals surface area contributed by atoms with Gasteiger partial charge in [0.05, 0.1) is 33.5 Å². The van der Waals surface area contributed by atoms with Gasteiger partial charge in [0.25, 0.3) is 0 Å². The number of aromatic nitrogens is 7. The standard InChI is InChI=1S/C47H33N3.C46H32N4/c1-47(2)38-26-13-11-24-36(38)42-34-22-9-10-23-35(34)43-37-25-12-14-27-41(37)50(45(43)44(42)47)33-21-15-20-32(28-33)46-48-39(30-16-5-3-6-17-30)29-40(49-46)31-18-7-4-8-19-31;1-46(2)37-26-13-11-24-35(37)39-33-22-9-10-23-34(33)40-36-25-12-14-27-38(36)50(42(40)41(39)46)32-21-15-20-31(28-32)45-48-43(29-16-5-3-6-17-29)47-44(49-45)30-18-7-4-8-19-30/h3-29H,1-2H3;3-28H,1-2H3. The summed E-state index contributed by atoms with van der Waals surface area (Å²) in [6, 6.07) is 114. The van der Waals surface area contributed by atoms with Gasteiger partial charge in [-0.1, -0.05) is 307 Å². The molecule has 100 heavy (non-hydrogen) atoms. The molecule has 0 atom stereocenters. The zero-order valence-electron chi connectivity index (χ0n) is 55.7. The molecule has 0 amide bonds. The second-order valence-electron chi connectivity index (χ2n) is 27.4. The normalized spacial score (nSPS) is 13.2. The molecule has 0 saturated carbocycles. The highest BCUT2D eigenvalue weighted by Gasteiger charge is 2.42. The number of para-hydroxylation sites is 2. The predicted octanol–water partition coefficient (Wildman–Crippen LogP) is 23.5. The SMILES string of the molecule is CC1(C)c2ccccc2-c2c1c1c(c3ccccc23)c2ccccc2n1-c1cccc(-c2nc(-c3ccccc3)cc(-c3ccccc3)n2)c1.CC1(C)c2ccccc2-c2c1c1c(c3ccccc23)c2ccccc2n1-c1cccc(-c2nc(-c3ccccc3)nc(-c3ccccc3)n2)c1. The van der Waals surface area contributed by atoms with Crippen LogP contribution in [0.15, 0.2) is 322 Å². The minimum atomic E-state index is -0.207. The van der Waals surface area contributed by atoms with Gasteiger partial charge in [-0.15, -0.1) is 0 Å². The lowest BCUT2D eigenvalue weighted by molar-refractivity contribution is 0.664. The maximum atomic E-state index is 5.18. The lowest BCUT2D eigenvalue weighted by Gasteiger charge is -2.24. The average Bonchev–Trinajstić information content (AvgIpc) is 1.53. The van der Waals surface area contributed by atoms with Crippen LogP contribution in [0.25, 0.3) is 167 Å². The van der Waals surface area contributed by atoms with E-state index in [9.17, 15) is 0 Å². The molecule has 4 heterocycles. The zero-order chi connectivity index (χ0) is 66.8. The molecule has 14 aromatic carbocycles. The van der Waals surface area contributed by atoms with Crippen molar-refractivity contribution in [3.05, 3.63) is 344 Å². The molecule has 0 radical (unpaired) electrons. The van der Waals surface area contributed by atoms with Gasteiger partial charge in [-0.05, 0) is 109 Å². The molecular formula is C93H65N7. The first-order valence-corrected chi connectivity index (χ1v) is 34.4. The molecule has 0 spiro atoms. The van der Waals surface area contributed by atoms with E-state index in [1.807, 2.05) is 72.8 Å². The van der Waals surface area contributed by atoms with Crippen molar-refractivity contribution in [2.75, 3.05) is 0 Å². The highest BCUT2D eigenvalue weighted by atomic mass is 15.0. The van der Waals surface area contributed by atoms with E-state index in [0.717, 1.165) is 56.1 Å². The number of hydrogen-bond acceptors (Lipinski definition) is 5. The Morgan fingerprint density at radius 3 is 0.970 bits per heavy atom. The van der Waals surface area contributed by atoms with Crippen LogP contribution in [0.5, 0.6) is 0 Å². The van der Waals surface area contributed by atoms with Gasteiger partial charge >= 0.3 is 0 Å². The van der Waals surface area contributed by atoms with Crippen LogP contribution >= 0.6 is 0 Å². The van der Waals surface area contributed by atoms with Gasteiger partial charge in [0.2, 0.25) is 0 Å². The van der Waals surface area contributed by atoms with Crippen LogP contribution in [-0.4, -0.2) is 34.1 Å². The second kappa shape index (κ2) is 23.0. The third-order valence-electron chi connectivity index (χ3n) is 20.9. The Morgan fingerprint density at radius 1 is 0.250 bits per heavy atom. The molecule has 472 valence electrons. The average molecular weight is 1280 g/mol. The van der Waals surface area contributed by atoms with Crippen molar-refractivity contribution >= 4 is 65.2 Å². The Labute approximate surface area is 579 Å². The lowest BCUT2D eigenvalue weighted by atomic mass is 9.80. The Balaban J connectivity index is 0.000000139. The molecule has 0 bridgehead atoms. The molecule has 2 aliphatic carbocycles. The third kappa shape index (κ3) is 9.15. The predicted molar refractivity (Wildman–Crippen MR) is 413 cm³/mol. The lowest BCUT2D eigenvalue weighted by Crippen LogP contribution is -2.16. The van der Waals surface area contributed by atoms with Crippen molar-refractivity contribution in [1.29, 1.82) is 0 Å². The first kappa shape index (κ1) is 58.6. The minimum absolute atomic E-state index is 0.199. The summed E-state index contributed by atoms with van der Waals surface area (Å²) in [5.41, 5.74) is 25.2. The minimum Gasteiger partial charge on any atom is -0.309 e. The number of benzene rings is 14. The first-order valence-electron chi connectivity index (χ1n) is 34.4. The quantitative estimate of drug-likeness (QED) is 0.152. The van der Waals surface area contributed by atoms with E-state index >= 15 is 0 Å². The third-order valence-corrected chi connectivity index (χ3v) is 20.9. The summed E-state index contributed by atoms with van der Waals surface area (Å²) in [5.74, 6) is 2.65. The highest BCUT2D eigenvalue weighted by molar-refractivity contribution is 6.28. The van der Waals surface area contributed by atoms with Crippen molar-refractivity contribution in [1.82, 2.24) is 34.1 Å². The molecule has 0 unspecified atom stereocenters. The van der Waals surface area contributed by atoms with Crippen LogP contribution in [0.3, 0.4) is 0 Å². The van der Waals surface area contributed by atoms with Crippen molar-refractivity contribution < 1.29 is 0 Å². The fourth-order valence-corrected chi connectivity index (χ4v) is 16.5. The molecule has 20 rings (SSSR count). The maximum absolute atomic E-state index is 5.18. The number of fused-ring (bicyclic) bond motifs is 20. The first-order chi connectivity index (χ1) is 49.2. The van der Waals surface area contributed by atoms with Gasteiger partial charge < -0.3 is 9.13 Å². The van der Waals surface area contributed by atoms with E-state index in [2.05, 4.69) is 286 Å².